The number of rotatable bonds is 5. The fraction of sp³-hybridized carbons (Fsp3) is 0.375. The lowest BCUT2D eigenvalue weighted by molar-refractivity contribution is 0.582. The van der Waals surface area contributed by atoms with Gasteiger partial charge in [0.15, 0.2) is 0 Å². The van der Waals surface area contributed by atoms with Gasteiger partial charge in [0, 0.05) is 17.5 Å². The van der Waals surface area contributed by atoms with Gasteiger partial charge in [-0.2, -0.15) is 0 Å². The highest BCUT2D eigenvalue weighted by atomic mass is 32.1. The molecule has 18 heavy (non-hydrogen) atoms. The standard InChI is InChI=1S/C16H19NS/c1-12(16-6-3-9-18-16)17-11-13-4-2-5-15(10-13)14-7-8-14/h2-6,9-10,12,14,17H,7-8,11H2,1H3/t12-/m1/s1. The van der Waals surface area contributed by atoms with Crippen LogP contribution >= 0.6 is 11.3 Å². The average Bonchev–Trinajstić information content (AvgIpc) is 3.11. The van der Waals surface area contributed by atoms with Crippen molar-refractivity contribution in [1.82, 2.24) is 5.32 Å². The fourth-order valence-electron chi connectivity index (χ4n) is 2.28. The molecule has 1 aromatic heterocycles. The maximum atomic E-state index is 3.60. The Morgan fingerprint density at radius 3 is 2.89 bits per heavy atom. The summed E-state index contributed by atoms with van der Waals surface area (Å²) in [6.45, 7) is 3.19. The van der Waals surface area contributed by atoms with Crippen molar-refractivity contribution in [3.8, 4) is 0 Å². The van der Waals surface area contributed by atoms with Crippen molar-refractivity contribution in [3.05, 3.63) is 57.8 Å². The van der Waals surface area contributed by atoms with Gasteiger partial charge < -0.3 is 5.32 Å². The molecule has 0 unspecified atom stereocenters. The summed E-state index contributed by atoms with van der Waals surface area (Å²) in [5.74, 6) is 0.847. The predicted octanol–water partition coefficient (Wildman–Crippen LogP) is 4.48. The third-order valence-electron chi connectivity index (χ3n) is 3.58. The summed E-state index contributed by atoms with van der Waals surface area (Å²) in [6, 6.07) is 13.8. The van der Waals surface area contributed by atoms with Gasteiger partial charge in [-0.15, -0.1) is 11.3 Å². The van der Waals surface area contributed by atoms with Crippen LogP contribution in [0.25, 0.3) is 0 Å². The smallest absolute Gasteiger partial charge is 0.0388 e. The van der Waals surface area contributed by atoms with Gasteiger partial charge in [0.2, 0.25) is 0 Å². The van der Waals surface area contributed by atoms with Crippen LogP contribution < -0.4 is 5.32 Å². The maximum Gasteiger partial charge on any atom is 0.0388 e. The van der Waals surface area contributed by atoms with Crippen molar-refractivity contribution in [2.24, 2.45) is 0 Å². The van der Waals surface area contributed by atoms with Gasteiger partial charge in [-0.25, -0.2) is 0 Å². The first-order chi connectivity index (χ1) is 8.83. The van der Waals surface area contributed by atoms with Gasteiger partial charge >= 0.3 is 0 Å². The van der Waals surface area contributed by atoms with E-state index in [1.165, 1.54) is 28.8 Å². The van der Waals surface area contributed by atoms with E-state index in [9.17, 15) is 0 Å². The molecule has 1 heterocycles. The molecule has 0 spiro atoms. The monoisotopic (exact) mass is 257 g/mol. The van der Waals surface area contributed by atoms with E-state index in [1.54, 1.807) is 0 Å². The summed E-state index contributed by atoms with van der Waals surface area (Å²) in [7, 11) is 0. The van der Waals surface area contributed by atoms with Crippen LogP contribution in [-0.4, -0.2) is 0 Å². The van der Waals surface area contributed by atoms with E-state index in [-0.39, 0.29) is 0 Å². The molecule has 0 aliphatic heterocycles. The number of hydrogen-bond donors (Lipinski definition) is 1. The molecule has 0 saturated heterocycles. The molecule has 1 fully saturated rings. The van der Waals surface area contributed by atoms with Crippen LogP contribution in [0.15, 0.2) is 41.8 Å². The van der Waals surface area contributed by atoms with Gasteiger partial charge in [0.25, 0.3) is 0 Å². The molecule has 1 N–H and O–H groups in total. The Morgan fingerprint density at radius 1 is 1.28 bits per heavy atom. The van der Waals surface area contributed by atoms with Crippen LogP contribution in [0.5, 0.6) is 0 Å². The second-order valence-electron chi connectivity index (χ2n) is 5.14. The first-order valence-corrected chi connectivity index (χ1v) is 7.56. The van der Waals surface area contributed by atoms with Crippen LogP contribution in [0.4, 0.5) is 0 Å². The van der Waals surface area contributed by atoms with E-state index in [4.69, 9.17) is 0 Å². The summed E-state index contributed by atoms with van der Waals surface area (Å²) in [4.78, 5) is 1.41. The van der Waals surface area contributed by atoms with E-state index in [0.29, 0.717) is 6.04 Å². The molecule has 2 heteroatoms. The van der Waals surface area contributed by atoms with Crippen LogP contribution in [0.3, 0.4) is 0 Å². The Hall–Kier alpha value is -1.12. The third kappa shape index (κ3) is 2.82. The van der Waals surface area contributed by atoms with Crippen molar-refractivity contribution in [3.63, 3.8) is 0 Å². The molecule has 1 nitrogen and oxygen atoms in total. The third-order valence-corrected chi connectivity index (χ3v) is 4.64. The van der Waals surface area contributed by atoms with Gasteiger partial charge in [0.05, 0.1) is 0 Å². The molecule has 0 radical (unpaired) electrons. The Labute approximate surface area is 113 Å². The molecule has 1 atom stereocenters. The lowest BCUT2D eigenvalue weighted by Gasteiger charge is -2.12. The zero-order chi connectivity index (χ0) is 12.4. The minimum atomic E-state index is 0.439. The minimum Gasteiger partial charge on any atom is -0.305 e. The Balaban J connectivity index is 1.60. The van der Waals surface area contributed by atoms with Crippen LogP contribution in [0, 0.1) is 0 Å². The van der Waals surface area contributed by atoms with Gasteiger partial charge in [-0.3, -0.25) is 0 Å². The second kappa shape index (κ2) is 5.25. The fourth-order valence-corrected chi connectivity index (χ4v) is 3.04. The van der Waals surface area contributed by atoms with E-state index >= 15 is 0 Å². The van der Waals surface area contributed by atoms with Crippen molar-refractivity contribution in [1.29, 1.82) is 0 Å². The number of thiophene rings is 1. The maximum absolute atomic E-state index is 3.60. The van der Waals surface area contributed by atoms with Crippen LogP contribution in [0.2, 0.25) is 0 Å². The molecular formula is C16H19NS. The van der Waals surface area contributed by atoms with Gasteiger partial charge in [0.1, 0.15) is 0 Å². The highest BCUT2D eigenvalue weighted by Crippen LogP contribution is 2.40. The zero-order valence-corrected chi connectivity index (χ0v) is 11.5. The molecule has 2 aromatic rings. The van der Waals surface area contributed by atoms with Crippen molar-refractivity contribution >= 4 is 11.3 Å². The normalized spacial score (nSPS) is 16.7. The van der Waals surface area contributed by atoms with E-state index in [1.807, 2.05) is 11.3 Å². The largest absolute Gasteiger partial charge is 0.305 e. The molecular weight excluding hydrogens is 238 g/mol. The Kier molecular flexibility index (Phi) is 3.48. The molecule has 1 aliphatic carbocycles. The summed E-state index contributed by atoms with van der Waals surface area (Å²) in [6.07, 6.45) is 2.75. The molecule has 1 aromatic carbocycles. The van der Waals surface area contributed by atoms with Gasteiger partial charge in [-0.05, 0) is 48.3 Å². The quantitative estimate of drug-likeness (QED) is 0.833. The molecule has 1 saturated carbocycles. The molecule has 94 valence electrons. The summed E-state index contributed by atoms with van der Waals surface area (Å²) < 4.78 is 0. The van der Waals surface area contributed by atoms with Crippen LogP contribution in [-0.2, 0) is 6.54 Å². The van der Waals surface area contributed by atoms with Crippen molar-refractivity contribution in [2.45, 2.75) is 38.3 Å². The van der Waals surface area contributed by atoms with Crippen LogP contribution in [0.1, 0.15) is 47.7 Å². The Morgan fingerprint density at radius 2 is 2.17 bits per heavy atom. The molecule has 0 amide bonds. The number of benzene rings is 1. The molecule has 1 aliphatic rings. The van der Waals surface area contributed by atoms with Crippen molar-refractivity contribution < 1.29 is 0 Å². The average molecular weight is 257 g/mol. The minimum absolute atomic E-state index is 0.439. The molecule has 0 bridgehead atoms. The highest BCUT2D eigenvalue weighted by molar-refractivity contribution is 7.10. The highest BCUT2D eigenvalue weighted by Gasteiger charge is 2.23. The van der Waals surface area contributed by atoms with Crippen molar-refractivity contribution in [2.75, 3.05) is 0 Å². The van der Waals surface area contributed by atoms with Gasteiger partial charge in [-0.1, -0.05) is 30.3 Å². The topological polar surface area (TPSA) is 12.0 Å². The Bertz CT molecular complexity index is 500. The SMILES string of the molecule is C[C@@H](NCc1cccc(C2CC2)c1)c1cccs1. The lowest BCUT2D eigenvalue weighted by Crippen LogP contribution is -2.17. The summed E-state index contributed by atoms with van der Waals surface area (Å²) >= 11 is 1.82. The van der Waals surface area contributed by atoms with E-state index in [0.717, 1.165) is 12.5 Å². The summed E-state index contributed by atoms with van der Waals surface area (Å²) in [5.41, 5.74) is 2.93. The van der Waals surface area contributed by atoms with E-state index < -0.39 is 0 Å². The van der Waals surface area contributed by atoms with E-state index in [2.05, 4.69) is 54.0 Å². The zero-order valence-electron chi connectivity index (χ0n) is 10.7. The summed E-state index contributed by atoms with van der Waals surface area (Å²) in [5, 5.41) is 5.74. The number of nitrogens with one attached hydrogen (secondary N) is 1. The predicted molar refractivity (Wildman–Crippen MR) is 78.0 cm³/mol. The number of hydrogen-bond acceptors (Lipinski definition) is 2. The first kappa shape index (κ1) is 11.9. The molecule has 3 rings (SSSR count). The first-order valence-electron chi connectivity index (χ1n) is 6.68. The second-order valence-corrected chi connectivity index (χ2v) is 6.12. The lowest BCUT2D eigenvalue weighted by atomic mass is 10.1.